The molecule has 1 aliphatic heterocycles. The molecule has 0 unspecified atom stereocenters. The largest absolute Gasteiger partial charge is 0.384 e. The highest BCUT2D eigenvalue weighted by atomic mass is 35.5. The molecular formula is C16H13ClN4O4. The summed E-state index contributed by atoms with van der Waals surface area (Å²) in [5.41, 5.74) is 5.45. The first-order chi connectivity index (χ1) is 11.7. The van der Waals surface area contributed by atoms with E-state index in [0.717, 1.165) is 10.6 Å². The number of nitrogens with one attached hydrogen (secondary N) is 1. The molecule has 25 heavy (non-hydrogen) atoms. The van der Waals surface area contributed by atoms with Gasteiger partial charge in [0.15, 0.2) is 0 Å². The Morgan fingerprint density at radius 3 is 2.48 bits per heavy atom. The maximum absolute atomic E-state index is 12.5. The van der Waals surface area contributed by atoms with Crippen LogP contribution in [-0.2, 0) is 0 Å². The van der Waals surface area contributed by atoms with Gasteiger partial charge in [0.05, 0.1) is 22.4 Å². The predicted molar refractivity (Wildman–Crippen MR) is 91.3 cm³/mol. The van der Waals surface area contributed by atoms with Crippen LogP contribution in [0, 0.1) is 0 Å². The molecule has 8 nitrogen and oxygen atoms in total. The maximum atomic E-state index is 12.5. The van der Waals surface area contributed by atoms with Crippen molar-refractivity contribution in [1.29, 1.82) is 0 Å². The summed E-state index contributed by atoms with van der Waals surface area (Å²) in [7, 11) is 3.11. The van der Waals surface area contributed by atoms with Crippen molar-refractivity contribution in [3.05, 3.63) is 56.3 Å². The first kappa shape index (κ1) is 16.7. The summed E-state index contributed by atoms with van der Waals surface area (Å²) in [4.78, 5) is 50.0. The highest BCUT2D eigenvalue weighted by Crippen LogP contribution is 2.26. The highest BCUT2D eigenvalue weighted by Gasteiger charge is 2.32. The number of nitrogens with two attached hydrogens (primary N) is 1. The van der Waals surface area contributed by atoms with Crippen molar-refractivity contribution < 1.29 is 14.4 Å². The normalized spacial score (nSPS) is 12.8. The molecule has 3 N–H and O–H groups in total. The molecule has 1 aliphatic rings. The van der Waals surface area contributed by atoms with Gasteiger partial charge in [-0.1, -0.05) is 11.6 Å². The Kier molecular flexibility index (Phi) is 3.84. The van der Waals surface area contributed by atoms with Crippen LogP contribution in [0.4, 0.5) is 5.82 Å². The van der Waals surface area contributed by atoms with E-state index < -0.39 is 17.4 Å². The number of carbonyl (C=O) groups excluding carboxylic acids is 3. The predicted octanol–water partition coefficient (Wildman–Crippen LogP) is 0.659. The van der Waals surface area contributed by atoms with Gasteiger partial charge in [0.1, 0.15) is 5.82 Å². The second-order valence-corrected chi connectivity index (χ2v) is 6.07. The van der Waals surface area contributed by atoms with Gasteiger partial charge in [0.2, 0.25) is 0 Å². The number of halogens is 1. The van der Waals surface area contributed by atoms with Crippen LogP contribution in [0.25, 0.3) is 5.69 Å². The molecule has 128 valence electrons. The van der Waals surface area contributed by atoms with E-state index >= 15 is 0 Å². The van der Waals surface area contributed by atoms with Gasteiger partial charge >= 0.3 is 0 Å². The molecule has 0 bridgehead atoms. The molecule has 3 amide bonds. The van der Waals surface area contributed by atoms with Crippen molar-refractivity contribution >= 4 is 35.1 Å². The molecule has 1 aromatic heterocycles. The van der Waals surface area contributed by atoms with Crippen LogP contribution in [0.2, 0.25) is 5.02 Å². The van der Waals surface area contributed by atoms with E-state index in [2.05, 4.69) is 5.32 Å². The van der Waals surface area contributed by atoms with Crippen molar-refractivity contribution in [1.82, 2.24) is 14.8 Å². The Balaban J connectivity index is 2.36. The fraction of sp³-hybridized carbons (Fsp3) is 0.125. The summed E-state index contributed by atoms with van der Waals surface area (Å²) in [6.07, 6.45) is 0. The van der Waals surface area contributed by atoms with Gasteiger partial charge in [0.25, 0.3) is 23.3 Å². The molecule has 2 aromatic rings. The third kappa shape index (κ3) is 2.56. The zero-order valence-electron chi connectivity index (χ0n) is 13.3. The molecule has 0 saturated heterocycles. The van der Waals surface area contributed by atoms with E-state index in [1.165, 1.54) is 23.1 Å². The summed E-state index contributed by atoms with van der Waals surface area (Å²) in [5, 5.41) is 2.36. The van der Waals surface area contributed by atoms with Crippen molar-refractivity contribution in [3.63, 3.8) is 0 Å². The number of imide groups is 1. The van der Waals surface area contributed by atoms with Gasteiger partial charge in [-0.05, 0) is 18.2 Å². The number of amides is 3. The molecule has 0 spiro atoms. The van der Waals surface area contributed by atoms with Gasteiger partial charge in [0, 0.05) is 25.2 Å². The number of rotatable bonds is 2. The average molecular weight is 361 g/mol. The molecule has 0 atom stereocenters. The van der Waals surface area contributed by atoms with E-state index in [4.69, 9.17) is 17.3 Å². The van der Waals surface area contributed by atoms with Crippen molar-refractivity contribution in [3.8, 4) is 5.69 Å². The monoisotopic (exact) mass is 360 g/mol. The highest BCUT2D eigenvalue weighted by molar-refractivity contribution is 6.31. The molecule has 0 aliphatic carbocycles. The number of aromatic nitrogens is 1. The molecule has 0 saturated carbocycles. The first-order valence-electron chi connectivity index (χ1n) is 7.15. The van der Waals surface area contributed by atoms with Gasteiger partial charge in [-0.15, -0.1) is 0 Å². The summed E-state index contributed by atoms with van der Waals surface area (Å²) in [5.74, 6) is -2.00. The zero-order valence-corrected chi connectivity index (χ0v) is 14.0. The van der Waals surface area contributed by atoms with Crippen molar-refractivity contribution in [2.24, 2.45) is 0 Å². The summed E-state index contributed by atoms with van der Waals surface area (Å²) >= 11 is 6.01. The minimum Gasteiger partial charge on any atom is -0.384 e. The molecular weight excluding hydrogens is 348 g/mol. The summed E-state index contributed by atoms with van der Waals surface area (Å²) < 4.78 is 1.000. The SMILES string of the molecule is CN(C)C(=O)c1ccc(Cl)cc1-n1c(N)c2c(cc1=O)C(=O)NC2=O. The lowest BCUT2D eigenvalue weighted by atomic mass is 10.1. The van der Waals surface area contributed by atoms with Gasteiger partial charge in [-0.2, -0.15) is 0 Å². The lowest BCUT2D eigenvalue weighted by molar-refractivity contribution is 0.0825. The van der Waals surface area contributed by atoms with Crippen molar-refractivity contribution in [2.45, 2.75) is 0 Å². The van der Waals surface area contributed by atoms with Crippen LogP contribution >= 0.6 is 11.6 Å². The number of nitrogens with zero attached hydrogens (tertiary/aromatic N) is 2. The Bertz CT molecular complexity index is 1010. The summed E-state index contributed by atoms with van der Waals surface area (Å²) in [6, 6.07) is 5.38. The van der Waals surface area contributed by atoms with E-state index in [1.54, 1.807) is 14.1 Å². The standard InChI is InChI=1S/C16H13ClN4O4/c1-20(2)16(25)8-4-3-7(17)5-10(8)21-11(22)6-9-12(13(21)18)15(24)19-14(9)23/h3-6H,18H2,1-2H3,(H,19,23,24). The number of anilines is 1. The smallest absolute Gasteiger partial charge is 0.262 e. The van der Waals surface area contributed by atoms with E-state index in [0.29, 0.717) is 0 Å². The van der Waals surface area contributed by atoms with Crippen LogP contribution in [0.5, 0.6) is 0 Å². The Morgan fingerprint density at radius 1 is 1.16 bits per heavy atom. The van der Waals surface area contributed by atoms with E-state index in [1.807, 2.05) is 0 Å². The lowest BCUT2D eigenvalue weighted by Crippen LogP contribution is -2.28. The second-order valence-electron chi connectivity index (χ2n) is 5.64. The second kappa shape index (κ2) is 5.75. The minimum absolute atomic E-state index is 0.0914. The number of hydrogen-bond acceptors (Lipinski definition) is 5. The average Bonchev–Trinajstić information content (AvgIpc) is 2.81. The van der Waals surface area contributed by atoms with Gasteiger partial charge < -0.3 is 10.6 Å². The number of nitrogen functional groups attached to an aromatic ring is 1. The van der Waals surface area contributed by atoms with E-state index in [-0.39, 0.29) is 39.1 Å². The summed E-state index contributed by atoms with van der Waals surface area (Å²) in [6.45, 7) is 0. The first-order valence-corrected chi connectivity index (χ1v) is 7.53. The van der Waals surface area contributed by atoms with Crippen LogP contribution < -0.4 is 16.6 Å². The van der Waals surface area contributed by atoms with Crippen LogP contribution in [0.15, 0.2) is 29.1 Å². The zero-order chi connectivity index (χ0) is 18.5. The number of fused-ring (bicyclic) bond motifs is 1. The third-order valence-corrected chi connectivity index (χ3v) is 4.03. The molecule has 9 heteroatoms. The molecule has 0 radical (unpaired) electrons. The van der Waals surface area contributed by atoms with Gasteiger partial charge in [-0.25, -0.2) is 0 Å². The quantitative estimate of drug-likeness (QED) is 0.763. The van der Waals surface area contributed by atoms with E-state index in [9.17, 15) is 19.2 Å². The topological polar surface area (TPSA) is 114 Å². The molecule has 0 fully saturated rings. The maximum Gasteiger partial charge on any atom is 0.262 e. The molecule has 2 heterocycles. The third-order valence-electron chi connectivity index (χ3n) is 3.79. The Morgan fingerprint density at radius 2 is 1.84 bits per heavy atom. The number of hydrogen-bond donors (Lipinski definition) is 2. The fourth-order valence-corrected chi connectivity index (χ4v) is 2.81. The van der Waals surface area contributed by atoms with Crippen LogP contribution in [-0.4, -0.2) is 41.3 Å². The lowest BCUT2D eigenvalue weighted by Gasteiger charge is -2.18. The molecule has 1 aromatic carbocycles. The number of pyridine rings is 1. The van der Waals surface area contributed by atoms with Gasteiger partial charge in [-0.3, -0.25) is 29.1 Å². The Labute approximate surface area is 146 Å². The van der Waals surface area contributed by atoms with Crippen molar-refractivity contribution in [2.75, 3.05) is 19.8 Å². The molecule has 3 rings (SSSR count). The van der Waals surface area contributed by atoms with Crippen LogP contribution in [0.1, 0.15) is 31.1 Å². The van der Waals surface area contributed by atoms with Crippen LogP contribution in [0.3, 0.4) is 0 Å². The number of benzene rings is 1. The minimum atomic E-state index is -0.700. The fourth-order valence-electron chi connectivity index (χ4n) is 2.64. The number of carbonyl (C=O) groups is 3. The Hall–Kier alpha value is -3.13.